The Balaban J connectivity index is -0.000000120. The molecule has 0 heterocycles. The van der Waals surface area contributed by atoms with Gasteiger partial charge in [0.15, 0.2) is 0 Å². The normalized spacial score (nSPS) is 15.7. The van der Waals surface area contributed by atoms with Gasteiger partial charge in [-0.05, 0) is 11.5 Å². The zero-order valence-electron chi connectivity index (χ0n) is 5.71. The topological polar surface area (TPSA) is 0 Å². The van der Waals surface area contributed by atoms with E-state index < -0.39 is 0 Å². The van der Waals surface area contributed by atoms with Crippen molar-refractivity contribution in [2.24, 2.45) is 0 Å². The zero-order chi connectivity index (χ0) is 4.41. The molecule has 9 heavy (non-hydrogen) atoms. The minimum atomic E-state index is 0. The Kier molecular flexibility index (Phi) is 23.9. The summed E-state index contributed by atoms with van der Waals surface area (Å²) in [6.45, 7) is 0. The fraction of sp³-hybridized carbons (Fsp3) is 0.800. The van der Waals surface area contributed by atoms with Gasteiger partial charge in [-0.2, -0.15) is 24.6 Å². The van der Waals surface area contributed by atoms with Crippen molar-refractivity contribution < 1.29 is 98.1 Å². The predicted molar refractivity (Wildman–Crippen MR) is 30.8 cm³/mol. The van der Waals surface area contributed by atoms with Gasteiger partial charge in [0.25, 0.3) is 0 Å². The van der Waals surface area contributed by atoms with Crippen LogP contribution in [-0.2, 0) is 98.1 Å². The van der Waals surface area contributed by atoms with E-state index in [1.807, 2.05) is 11.8 Å². The molecule has 0 spiro atoms. The molecule has 1 saturated carbocycles. The second kappa shape index (κ2) is 11.7. The molecule has 45 valence electrons. The summed E-state index contributed by atoms with van der Waals surface area (Å²) in [6, 6.07) is 0. The summed E-state index contributed by atoms with van der Waals surface area (Å²) in [4.78, 5) is 0. The molecule has 1 fully saturated rings. The SMILES string of the molecule is CSC1C[CH-]C1.[Y].[Y].[Y]. The van der Waals surface area contributed by atoms with Crippen molar-refractivity contribution in [1.29, 1.82) is 0 Å². The molecule has 0 aliphatic heterocycles. The summed E-state index contributed by atoms with van der Waals surface area (Å²) in [6.07, 6.45) is 7.21. The number of thioether (sulfide) groups is 1. The Morgan fingerprint density at radius 3 is 1.67 bits per heavy atom. The first-order valence-electron chi connectivity index (χ1n) is 2.28. The van der Waals surface area contributed by atoms with Gasteiger partial charge in [0.2, 0.25) is 0 Å². The third kappa shape index (κ3) is 8.00. The predicted octanol–water partition coefficient (Wildman–Crippen LogP) is 1.71. The van der Waals surface area contributed by atoms with Gasteiger partial charge in [0, 0.05) is 98.1 Å². The number of hydrogen-bond acceptors (Lipinski definition) is 1. The van der Waals surface area contributed by atoms with Crippen LogP contribution in [0.15, 0.2) is 0 Å². The van der Waals surface area contributed by atoms with Crippen molar-refractivity contribution in [1.82, 2.24) is 0 Å². The molecule has 3 radical (unpaired) electrons. The standard InChI is InChI=1S/C5H9S.3Y/c1-6-5-3-2-4-5;;;/h2,5H,3-4H2,1H3;;;/q-1;;;. The Bertz CT molecular complexity index is 44.7. The summed E-state index contributed by atoms with van der Waals surface area (Å²) in [5.41, 5.74) is 0. The van der Waals surface area contributed by atoms with Crippen LogP contribution < -0.4 is 0 Å². The number of rotatable bonds is 1. The molecule has 1 aliphatic rings. The van der Waals surface area contributed by atoms with Crippen molar-refractivity contribution in [3.63, 3.8) is 0 Å². The first-order valence-corrected chi connectivity index (χ1v) is 3.56. The van der Waals surface area contributed by atoms with Crippen LogP contribution in [0.2, 0.25) is 0 Å². The average Bonchev–Trinajstić information content (AvgIpc) is 1.31. The molecule has 0 aromatic rings. The van der Waals surface area contributed by atoms with Crippen molar-refractivity contribution in [3.8, 4) is 0 Å². The Morgan fingerprint density at radius 2 is 1.67 bits per heavy atom. The van der Waals surface area contributed by atoms with Gasteiger partial charge in [0.05, 0.1) is 0 Å². The van der Waals surface area contributed by atoms with Crippen LogP contribution >= 0.6 is 11.8 Å². The van der Waals surface area contributed by atoms with Crippen LogP contribution in [0.25, 0.3) is 0 Å². The quantitative estimate of drug-likeness (QED) is 0.636. The molecule has 4 heteroatoms. The summed E-state index contributed by atoms with van der Waals surface area (Å²) < 4.78 is 0. The Morgan fingerprint density at radius 1 is 1.22 bits per heavy atom. The largest absolute Gasteiger partial charge is 0.327 e. The van der Waals surface area contributed by atoms with Gasteiger partial charge in [-0.1, -0.05) is 0 Å². The summed E-state index contributed by atoms with van der Waals surface area (Å²) in [5.74, 6) is 0. The molecule has 0 nitrogen and oxygen atoms in total. The summed E-state index contributed by atoms with van der Waals surface area (Å²) in [7, 11) is 0. The maximum atomic E-state index is 2.33. The molecule has 0 saturated heterocycles. The van der Waals surface area contributed by atoms with E-state index in [0.717, 1.165) is 5.25 Å². The van der Waals surface area contributed by atoms with E-state index in [4.69, 9.17) is 0 Å². The molecule has 1 rings (SSSR count). The summed E-state index contributed by atoms with van der Waals surface area (Å²) >= 11 is 1.98. The molecule has 0 aromatic carbocycles. The molecule has 0 aromatic heterocycles. The molecule has 0 atom stereocenters. The van der Waals surface area contributed by atoms with Crippen LogP contribution in [-0.4, -0.2) is 11.5 Å². The van der Waals surface area contributed by atoms with E-state index in [9.17, 15) is 0 Å². The van der Waals surface area contributed by atoms with Gasteiger partial charge in [-0.15, -0.1) is 0 Å². The Hall–Kier alpha value is 3.66. The van der Waals surface area contributed by atoms with Crippen LogP contribution in [0.5, 0.6) is 0 Å². The molecular formula is C5H9SY3-. The molecule has 1 aliphatic carbocycles. The van der Waals surface area contributed by atoms with E-state index in [1.54, 1.807) is 0 Å². The average molecular weight is 368 g/mol. The second-order valence-corrected chi connectivity index (χ2v) is 2.76. The smallest absolute Gasteiger partial charge is 0 e. The van der Waals surface area contributed by atoms with Gasteiger partial charge < -0.3 is 6.42 Å². The summed E-state index contributed by atoms with van der Waals surface area (Å²) in [5, 5.41) is 0.977. The molecule has 0 amide bonds. The first-order chi connectivity index (χ1) is 2.93. The molecule has 0 N–H and O–H groups in total. The fourth-order valence-electron chi connectivity index (χ4n) is 0.495. The Labute approximate surface area is 137 Å². The van der Waals surface area contributed by atoms with E-state index in [1.165, 1.54) is 12.8 Å². The van der Waals surface area contributed by atoms with Crippen molar-refractivity contribution in [2.75, 3.05) is 6.26 Å². The van der Waals surface area contributed by atoms with E-state index in [2.05, 4.69) is 12.7 Å². The second-order valence-electron chi connectivity index (χ2n) is 1.62. The fourth-order valence-corrected chi connectivity index (χ4v) is 1.15. The molecule has 0 bridgehead atoms. The number of hydrogen-bond donors (Lipinski definition) is 0. The molecular weight excluding hydrogens is 359 g/mol. The van der Waals surface area contributed by atoms with E-state index >= 15 is 0 Å². The monoisotopic (exact) mass is 368 g/mol. The third-order valence-corrected chi connectivity index (χ3v) is 2.24. The molecule has 0 unspecified atom stereocenters. The maximum absolute atomic E-state index is 2.33. The van der Waals surface area contributed by atoms with Crippen LogP contribution in [0, 0.1) is 6.42 Å². The van der Waals surface area contributed by atoms with Gasteiger partial charge in [-0.3, -0.25) is 0 Å². The van der Waals surface area contributed by atoms with Gasteiger partial charge in [-0.25, -0.2) is 0 Å². The third-order valence-electron chi connectivity index (χ3n) is 1.19. The zero-order valence-corrected chi connectivity index (χ0v) is 15.0. The van der Waals surface area contributed by atoms with Crippen LogP contribution in [0.1, 0.15) is 12.8 Å². The maximum Gasteiger partial charge on any atom is 0 e. The van der Waals surface area contributed by atoms with Crippen LogP contribution in [0.3, 0.4) is 0 Å². The first kappa shape index (κ1) is 18.4. The minimum Gasteiger partial charge on any atom is -0.327 e. The van der Waals surface area contributed by atoms with Crippen molar-refractivity contribution in [2.45, 2.75) is 18.1 Å². The van der Waals surface area contributed by atoms with Crippen molar-refractivity contribution >= 4 is 11.8 Å². The van der Waals surface area contributed by atoms with E-state index in [0.29, 0.717) is 0 Å². The van der Waals surface area contributed by atoms with Gasteiger partial charge >= 0.3 is 0 Å². The van der Waals surface area contributed by atoms with Gasteiger partial charge in [0.1, 0.15) is 0 Å². The van der Waals surface area contributed by atoms with Crippen molar-refractivity contribution in [3.05, 3.63) is 6.42 Å². The van der Waals surface area contributed by atoms with E-state index in [-0.39, 0.29) is 98.1 Å². The minimum absolute atomic E-state index is 0. The van der Waals surface area contributed by atoms with Crippen LogP contribution in [0.4, 0.5) is 0 Å².